The van der Waals surface area contributed by atoms with E-state index >= 15 is 0 Å². The van der Waals surface area contributed by atoms with Crippen LogP contribution in [0.25, 0.3) is 0 Å². The largest absolute Gasteiger partial charge is 0.490 e. The minimum atomic E-state index is 0.00572. The van der Waals surface area contributed by atoms with Crippen LogP contribution < -0.4 is 20.5 Å². The van der Waals surface area contributed by atoms with Crippen molar-refractivity contribution in [3.63, 3.8) is 0 Å². The van der Waals surface area contributed by atoms with Crippen LogP contribution in [0.1, 0.15) is 39.5 Å². The molecule has 0 unspecified atom stereocenters. The third-order valence-corrected chi connectivity index (χ3v) is 4.75. The van der Waals surface area contributed by atoms with Gasteiger partial charge in [0.25, 0.3) is 0 Å². The quantitative estimate of drug-likeness (QED) is 0.527. The van der Waals surface area contributed by atoms with Gasteiger partial charge in [0.1, 0.15) is 0 Å². The molecule has 24 heavy (non-hydrogen) atoms. The molecule has 0 fully saturated rings. The zero-order valence-electron chi connectivity index (χ0n) is 14.7. The van der Waals surface area contributed by atoms with Gasteiger partial charge in [-0.15, -0.1) is 0 Å². The number of ether oxygens (including phenoxy) is 2. The van der Waals surface area contributed by atoms with Crippen LogP contribution in [0.5, 0.6) is 11.5 Å². The van der Waals surface area contributed by atoms with E-state index in [0.717, 1.165) is 42.9 Å². The van der Waals surface area contributed by atoms with E-state index in [-0.39, 0.29) is 12.0 Å². The maximum absolute atomic E-state index is 9.28. The number of nitrogens with zero attached hydrogens (tertiary/aromatic N) is 1. The van der Waals surface area contributed by atoms with E-state index in [1.165, 1.54) is 0 Å². The van der Waals surface area contributed by atoms with Crippen molar-refractivity contribution in [2.24, 2.45) is 16.1 Å². The molecular weight excluding hydrogens is 306 g/mol. The highest BCUT2D eigenvalue weighted by Gasteiger charge is 2.25. The third kappa shape index (κ3) is 4.77. The summed E-state index contributed by atoms with van der Waals surface area (Å²) in [5.41, 5.74) is 6.86. The van der Waals surface area contributed by atoms with Gasteiger partial charge in [0.05, 0.1) is 13.2 Å². The van der Waals surface area contributed by atoms with Gasteiger partial charge in [-0.1, -0.05) is 13.8 Å². The van der Waals surface area contributed by atoms with Gasteiger partial charge >= 0.3 is 0 Å². The van der Waals surface area contributed by atoms with Crippen LogP contribution in [-0.2, 0) is 0 Å². The average Bonchev–Trinajstić information content (AvgIpc) is 2.83. The van der Waals surface area contributed by atoms with Gasteiger partial charge < -0.3 is 25.6 Å². The summed E-state index contributed by atoms with van der Waals surface area (Å²) in [6, 6.07) is 5.66. The Kier molecular flexibility index (Phi) is 6.73. The fourth-order valence-corrected chi connectivity index (χ4v) is 2.82. The molecule has 0 atom stereocenters. The Hall–Kier alpha value is -1.95. The van der Waals surface area contributed by atoms with E-state index in [9.17, 15) is 5.11 Å². The van der Waals surface area contributed by atoms with E-state index in [2.05, 4.69) is 24.2 Å². The standard InChI is InChI=1S/C18H29N3O3/c1-3-18(4-2,8-9-22)13-20-17(19)21-14-6-7-15-16(12-14)24-11-5-10-23-15/h6-7,12,22H,3-5,8-11,13H2,1-2H3,(H3,19,20,21). The van der Waals surface area contributed by atoms with Crippen LogP contribution in [0.2, 0.25) is 0 Å². The van der Waals surface area contributed by atoms with Crippen molar-refractivity contribution >= 4 is 11.6 Å². The first-order valence-electron chi connectivity index (χ1n) is 8.70. The number of rotatable bonds is 7. The highest BCUT2D eigenvalue weighted by Crippen LogP contribution is 2.33. The number of nitrogens with one attached hydrogen (secondary N) is 1. The number of benzene rings is 1. The molecule has 0 radical (unpaired) electrons. The molecule has 1 aliphatic heterocycles. The van der Waals surface area contributed by atoms with E-state index in [1.807, 2.05) is 18.2 Å². The van der Waals surface area contributed by atoms with Gasteiger partial charge in [-0.05, 0) is 36.8 Å². The molecule has 0 aliphatic carbocycles. The molecule has 1 aliphatic rings. The van der Waals surface area contributed by atoms with Gasteiger partial charge in [0.2, 0.25) is 0 Å². The lowest BCUT2D eigenvalue weighted by Crippen LogP contribution is -2.29. The molecule has 2 rings (SSSR count). The number of anilines is 1. The van der Waals surface area contributed by atoms with Crippen LogP contribution in [0, 0.1) is 5.41 Å². The zero-order valence-corrected chi connectivity index (χ0v) is 14.7. The lowest BCUT2D eigenvalue weighted by Gasteiger charge is -2.29. The number of guanidine groups is 1. The molecule has 0 spiro atoms. The highest BCUT2D eigenvalue weighted by molar-refractivity contribution is 5.92. The Morgan fingerprint density at radius 1 is 1.25 bits per heavy atom. The van der Waals surface area contributed by atoms with Crippen molar-refractivity contribution in [3.05, 3.63) is 18.2 Å². The first-order valence-corrected chi connectivity index (χ1v) is 8.70. The molecule has 134 valence electrons. The van der Waals surface area contributed by atoms with Crippen molar-refractivity contribution in [2.75, 3.05) is 31.7 Å². The predicted molar refractivity (Wildman–Crippen MR) is 96.9 cm³/mol. The minimum Gasteiger partial charge on any atom is -0.490 e. The van der Waals surface area contributed by atoms with E-state index in [1.54, 1.807) is 0 Å². The topological polar surface area (TPSA) is 89.1 Å². The van der Waals surface area contributed by atoms with Crippen molar-refractivity contribution in [1.82, 2.24) is 0 Å². The summed E-state index contributed by atoms with van der Waals surface area (Å²) in [7, 11) is 0. The Morgan fingerprint density at radius 2 is 1.96 bits per heavy atom. The van der Waals surface area contributed by atoms with Crippen LogP contribution in [-0.4, -0.2) is 37.4 Å². The Morgan fingerprint density at radius 3 is 2.62 bits per heavy atom. The molecular formula is C18H29N3O3. The molecule has 0 saturated carbocycles. The summed E-state index contributed by atoms with van der Waals surface area (Å²) in [6.07, 6.45) is 3.54. The van der Waals surface area contributed by atoms with Crippen molar-refractivity contribution < 1.29 is 14.6 Å². The molecule has 6 heteroatoms. The smallest absolute Gasteiger partial charge is 0.193 e. The zero-order chi connectivity index (χ0) is 17.4. The number of hydrogen-bond acceptors (Lipinski definition) is 4. The molecule has 4 N–H and O–H groups in total. The Balaban J connectivity index is 2.03. The highest BCUT2D eigenvalue weighted by atomic mass is 16.5. The van der Waals surface area contributed by atoms with Crippen LogP contribution in [0.4, 0.5) is 5.69 Å². The number of fused-ring (bicyclic) bond motifs is 1. The average molecular weight is 335 g/mol. The van der Waals surface area contributed by atoms with E-state index < -0.39 is 0 Å². The van der Waals surface area contributed by atoms with E-state index in [0.29, 0.717) is 25.7 Å². The second-order valence-corrected chi connectivity index (χ2v) is 6.22. The molecule has 0 bridgehead atoms. The van der Waals surface area contributed by atoms with Crippen molar-refractivity contribution in [1.29, 1.82) is 0 Å². The number of hydrogen-bond donors (Lipinski definition) is 3. The number of aliphatic imine (C=N–C) groups is 1. The molecule has 6 nitrogen and oxygen atoms in total. The fourth-order valence-electron chi connectivity index (χ4n) is 2.82. The minimum absolute atomic E-state index is 0.00572. The third-order valence-electron chi connectivity index (χ3n) is 4.75. The summed E-state index contributed by atoms with van der Waals surface area (Å²) in [6.45, 7) is 6.35. The van der Waals surface area contributed by atoms with Gasteiger partial charge in [-0.2, -0.15) is 0 Å². The lowest BCUT2D eigenvalue weighted by atomic mass is 9.79. The number of aliphatic hydroxyl groups is 1. The molecule has 1 aromatic rings. The summed E-state index contributed by atoms with van der Waals surface area (Å²) in [5, 5.41) is 12.4. The Labute approximate surface area is 144 Å². The van der Waals surface area contributed by atoms with E-state index in [4.69, 9.17) is 15.2 Å². The van der Waals surface area contributed by atoms with Crippen molar-refractivity contribution in [2.45, 2.75) is 39.5 Å². The molecule has 1 heterocycles. The number of aliphatic hydroxyl groups excluding tert-OH is 1. The monoisotopic (exact) mass is 335 g/mol. The van der Waals surface area contributed by atoms with Gasteiger partial charge in [0.15, 0.2) is 17.5 Å². The first kappa shape index (κ1) is 18.4. The van der Waals surface area contributed by atoms with Gasteiger partial charge in [-0.3, -0.25) is 4.99 Å². The normalized spacial score (nSPS) is 15.0. The molecule has 0 saturated heterocycles. The second-order valence-electron chi connectivity index (χ2n) is 6.22. The van der Waals surface area contributed by atoms with Gasteiger partial charge in [-0.25, -0.2) is 0 Å². The molecule has 1 aromatic carbocycles. The summed E-state index contributed by atoms with van der Waals surface area (Å²) >= 11 is 0. The summed E-state index contributed by atoms with van der Waals surface area (Å²) < 4.78 is 11.3. The second kappa shape index (κ2) is 8.78. The lowest BCUT2D eigenvalue weighted by molar-refractivity contribution is 0.175. The molecule has 0 aromatic heterocycles. The maximum Gasteiger partial charge on any atom is 0.193 e. The maximum atomic E-state index is 9.28. The van der Waals surface area contributed by atoms with Crippen LogP contribution in [0.3, 0.4) is 0 Å². The van der Waals surface area contributed by atoms with Gasteiger partial charge in [0, 0.05) is 31.3 Å². The Bertz CT molecular complexity index is 556. The number of nitrogens with two attached hydrogens (primary N) is 1. The fraction of sp³-hybridized carbons (Fsp3) is 0.611. The van der Waals surface area contributed by atoms with Crippen molar-refractivity contribution in [3.8, 4) is 11.5 Å². The summed E-state index contributed by atoms with van der Waals surface area (Å²) in [4.78, 5) is 4.48. The first-order chi connectivity index (χ1) is 11.6. The SMILES string of the molecule is CCC(CC)(CCO)CN=C(N)Nc1ccc2c(c1)OCCCO2. The van der Waals surface area contributed by atoms with Crippen LogP contribution >= 0.6 is 0 Å². The van der Waals surface area contributed by atoms with Crippen LogP contribution in [0.15, 0.2) is 23.2 Å². The predicted octanol–water partition coefficient (Wildman–Crippen LogP) is 2.76. The summed E-state index contributed by atoms with van der Waals surface area (Å²) in [5.74, 6) is 1.85. The molecule has 0 amide bonds.